The second-order valence-electron chi connectivity index (χ2n) is 13.8. The molecule has 0 aliphatic rings. The average Bonchev–Trinajstić information content (AvgIpc) is 3.25. The van der Waals surface area contributed by atoms with Gasteiger partial charge in [0.1, 0.15) is 0 Å². The van der Waals surface area contributed by atoms with Gasteiger partial charge in [0, 0.05) is 22.3 Å². The van der Waals surface area contributed by atoms with Gasteiger partial charge in [0.05, 0.1) is 0 Å². The van der Waals surface area contributed by atoms with Gasteiger partial charge in [0.15, 0.2) is 23.3 Å². The van der Waals surface area contributed by atoms with E-state index in [9.17, 15) is 0 Å². The maximum Gasteiger partial charge on any atom is 0.225 e. The Morgan fingerprint density at radius 3 is 0.500 bits per heavy atom. The zero-order valence-electron chi connectivity index (χ0n) is 32.4. The lowest BCUT2D eigenvalue weighted by molar-refractivity contribution is 1.09. The Morgan fingerprint density at radius 2 is 0.339 bits per heavy atom. The summed E-state index contributed by atoms with van der Waals surface area (Å²) in [6, 6.07) is 35.4. The van der Waals surface area contributed by atoms with Crippen molar-refractivity contribution in [2.45, 2.75) is 0 Å². The van der Waals surface area contributed by atoms with Gasteiger partial charge in [0.2, 0.25) is 47.6 Å². The summed E-state index contributed by atoms with van der Waals surface area (Å²) in [6.45, 7) is 0. The molecule has 62 heavy (non-hydrogen) atoms. The fourth-order valence-corrected chi connectivity index (χ4v) is 6.90. The van der Waals surface area contributed by atoms with Gasteiger partial charge in [-0.2, -0.15) is 59.8 Å². The quantitative estimate of drug-likeness (QED) is 0.105. The van der Waals surface area contributed by atoms with Crippen LogP contribution in [0.1, 0.15) is 0 Å². The van der Waals surface area contributed by atoms with E-state index in [4.69, 9.17) is 45.9 Å². The predicted molar refractivity (Wildman–Crippen MR) is 239 cm³/mol. The van der Waals surface area contributed by atoms with Crippen molar-refractivity contribution >= 4 is 47.6 Å². The molecular formula is C42H34N20. The van der Waals surface area contributed by atoms with Crippen LogP contribution >= 0.6 is 0 Å². The highest BCUT2D eigenvalue weighted by Crippen LogP contribution is 2.43. The Bertz CT molecular complexity index is 2640. The van der Waals surface area contributed by atoms with Crippen LogP contribution in [0, 0.1) is 0 Å². The van der Waals surface area contributed by atoms with E-state index in [0.29, 0.717) is 45.6 Å². The van der Waals surface area contributed by atoms with Crippen molar-refractivity contribution in [2.75, 3.05) is 45.9 Å². The molecule has 302 valence electrons. The fraction of sp³-hybridized carbons (Fsp3) is 0. The number of hydrogen-bond acceptors (Lipinski definition) is 20. The van der Waals surface area contributed by atoms with Crippen LogP contribution in [0.4, 0.5) is 47.6 Å². The maximum absolute atomic E-state index is 5.90. The summed E-state index contributed by atoms with van der Waals surface area (Å²) in [4.78, 5) is 49.9. The first kappa shape index (κ1) is 38.1. The van der Waals surface area contributed by atoms with E-state index in [2.05, 4.69) is 71.9 Å². The van der Waals surface area contributed by atoms with E-state index in [-0.39, 0.29) is 47.6 Å². The van der Waals surface area contributed by atoms with Gasteiger partial charge in [0.25, 0.3) is 0 Å². The first-order valence-corrected chi connectivity index (χ1v) is 18.6. The van der Waals surface area contributed by atoms with Gasteiger partial charge < -0.3 is 45.9 Å². The number of benzene rings is 5. The van der Waals surface area contributed by atoms with E-state index < -0.39 is 0 Å². The van der Waals surface area contributed by atoms with Crippen molar-refractivity contribution in [2.24, 2.45) is 0 Å². The molecular weight excluding hydrogens is 785 g/mol. The molecule has 0 spiro atoms. The normalized spacial score (nSPS) is 11.1. The molecule has 0 radical (unpaired) electrons. The Morgan fingerprint density at radius 1 is 0.194 bits per heavy atom. The van der Waals surface area contributed by atoms with Crippen LogP contribution in [0.5, 0.6) is 0 Å². The molecule has 0 fully saturated rings. The number of anilines is 8. The molecule has 0 atom stereocenters. The summed E-state index contributed by atoms with van der Waals surface area (Å²) in [6.07, 6.45) is 0. The van der Waals surface area contributed by atoms with Crippen molar-refractivity contribution in [1.29, 1.82) is 0 Å². The minimum Gasteiger partial charge on any atom is -0.368 e. The van der Waals surface area contributed by atoms with E-state index in [1.807, 2.05) is 97.1 Å². The third-order valence-corrected chi connectivity index (χ3v) is 9.65. The number of nitrogens with zero attached hydrogens (tertiary/aromatic N) is 12. The minimum atomic E-state index is 0.0214. The molecule has 9 aromatic rings. The van der Waals surface area contributed by atoms with Crippen molar-refractivity contribution in [3.05, 3.63) is 109 Å². The average molecular weight is 819 g/mol. The van der Waals surface area contributed by atoms with Crippen LogP contribution in [0.3, 0.4) is 0 Å². The highest BCUT2D eigenvalue weighted by molar-refractivity contribution is 5.96. The maximum atomic E-state index is 5.90. The number of nitrogen functional groups attached to an aromatic ring is 8. The summed E-state index contributed by atoms with van der Waals surface area (Å²) < 4.78 is 0. The first-order chi connectivity index (χ1) is 29.9. The number of nitrogens with two attached hydrogens (primary N) is 8. The molecule has 0 saturated carbocycles. The molecule has 16 N–H and O–H groups in total. The van der Waals surface area contributed by atoms with E-state index in [1.165, 1.54) is 0 Å². The van der Waals surface area contributed by atoms with Crippen molar-refractivity contribution in [3.8, 4) is 90.1 Å². The van der Waals surface area contributed by atoms with Gasteiger partial charge in [-0.25, -0.2) is 0 Å². The van der Waals surface area contributed by atoms with Crippen molar-refractivity contribution in [3.63, 3.8) is 0 Å². The molecule has 0 unspecified atom stereocenters. The summed E-state index contributed by atoms with van der Waals surface area (Å²) in [7, 11) is 0. The van der Waals surface area contributed by atoms with Crippen LogP contribution in [-0.2, 0) is 0 Å². The second-order valence-corrected chi connectivity index (χ2v) is 13.8. The topological polar surface area (TPSA) is 363 Å². The van der Waals surface area contributed by atoms with E-state index in [0.717, 1.165) is 44.5 Å². The van der Waals surface area contributed by atoms with Gasteiger partial charge in [-0.15, -0.1) is 0 Å². The molecule has 4 aromatic heterocycles. The van der Waals surface area contributed by atoms with Gasteiger partial charge in [-0.1, -0.05) is 97.1 Å². The fourth-order valence-electron chi connectivity index (χ4n) is 6.90. The van der Waals surface area contributed by atoms with Crippen molar-refractivity contribution < 1.29 is 0 Å². The third-order valence-electron chi connectivity index (χ3n) is 9.65. The summed E-state index contributed by atoms with van der Waals surface area (Å²) in [5.74, 6) is 1.56. The van der Waals surface area contributed by atoms with Gasteiger partial charge in [-0.05, 0) is 56.6 Å². The molecule has 0 aliphatic heterocycles. The lowest BCUT2D eigenvalue weighted by atomic mass is 9.85. The number of hydrogen-bond donors (Lipinski definition) is 8. The first-order valence-electron chi connectivity index (χ1n) is 18.6. The van der Waals surface area contributed by atoms with Crippen LogP contribution in [0.2, 0.25) is 0 Å². The molecule has 5 aromatic carbocycles. The Balaban J connectivity index is 1.23. The molecule has 0 aliphatic carbocycles. The number of rotatable bonds is 8. The SMILES string of the molecule is Nc1nc(N)nc(-c2ccc(-c3cc(-c4ccc(-c5nc(N)nc(N)n5)cc4)c(-c4ccc(-c5nc(N)nc(N)n5)cc4)cc3-c3ccc(-c4nc(N)nc(N)n4)cc3)cc2)n1. The van der Waals surface area contributed by atoms with Gasteiger partial charge >= 0.3 is 0 Å². The highest BCUT2D eigenvalue weighted by atomic mass is 15.2. The summed E-state index contributed by atoms with van der Waals surface area (Å²) in [5, 5.41) is 0. The second kappa shape index (κ2) is 15.4. The van der Waals surface area contributed by atoms with E-state index >= 15 is 0 Å². The van der Waals surface area contributed by atoms with Crippen LogP contribution in [0.15, 0.2) is 109 Å². The number of aromatic nitrogens is 12. The zero-order valence-corrected chi connectivity index (χ0v) is 32.4. The van der Waals surface area contributed by atoms with Gasteiger partial charge in [-0.3, -0.25) is 0 Å². The minimum absolute atomic E-state index is 0.0214. The zero-order chi connectivity index (χ0) is 43.1. The predicted octanol–water partition coefficient (Wildman–Crippen LogP) is 4.42. The molecule has 4 heterocycles. The van der Waals surface area contributed by atoms with Crippen LogP contribution < -0.4 is 45.9 Å². The highest BCUT2D eigenvalue weighted by Gasteiger charge is 2.19. The molecule has 20 nitrogen and oxygen atoms in total. The lowest BCUT2D eigenvalue weighted by Crippen LogP contribution is -2.04. The van der Waals surface area contributed by atoms with Crippen LogP contribution in [-0.4, -0.2) is 59.8 Å². The molecule has 0 saturated heterocycles. The summed E-state index contributed by atoms with van der Waals surface area (Å²) in [5.41, 5.74) is 57.2. The van der Waals surface area contributed by atoms with Crippen LogP contribution in [0.25, 0.3) is 90.1 Å². The molecule has 0 bridgehead atoms. The summed E-state index contributed by atoms with van der Waals surface area (Å²) >= 11 is 0. The monoisotopic (exact) mass is 818 g/mol. The Hall–Kier alpha value is -9.46. The largest absolute Gasteiger partial charge is 0.368 e. The standard InChI is InChI=1S/C42H34N20/c43-35-51-31(52-36(44)59-35)23-9-1-19(2-10-23)27-17-29(21-5-13-25(14-6-21)33-55-39(47)61-40(48)56-33)30(22-7-15-26(16-8-22)34-57-41(49)62-42(50)58-34)18-28(27)20-3-11-24(12-4-20)32-53-37(45)60-38(46)54-32/h1-18H,(H4,43,44,51,52,59)(H4,45,46,53,54,60)(H4,47,48,55,56,61)(H4,49,50,57,58,62). The molecule has 20 heteroatoms. The van der Waals surface area contributed by atoms with E-state index in [1.54, 1.807) is 0 Å². The van der Waals surface area contributed by atoms with Crippen molar-refractivity contribution in [1.82, 2.24) is 59.8 Å². The smallest absolute Gasteiger partial charge is 0.225 e. The molecule has 9 rings (SSSR count). The molecule has 0 amide bonds. The Kier molecular flexibility index (Phi) is 9.44. The lowest BCUT2D eigenvalue weighted by Gasteiger charge is -2.19. The Labute approximate surface area is 351 Å². The third kappa shape index (κ3) is 7.75.